The van der Waals surface area contributed by atoms with Crippen LogP contribution in [0.4, 0.5) is 5.69 Å². The van der Waals surface area contributed by atoms with Crippen LogP contribution in [-0.2, 0) is 9.59 Å². The van der Waals surface area contributed by atoms with Crippen LogP contribution in [0.15, 0.2) is 18.2 Å². The fourth-order valence-electron chi connectivity index (χ4n) is 1.36. The van der Waals surface area contributed by atoms with E-state index in [1.807, 2.05) is 0 Å². The summed E-state index contributed by atoms with van der Waals surface area (Å²) in [6.45, 7) is 3.23. The number of hydrogen-bond acceptors (Lipinski definition) is 3. The molecular formula is C12H13NO4. The Balaban J connectivity index is 3.09. The predicted molar refractivity (Wildman–Crippen MR) is 62.1 cm³/mol. The van der Waals surface area contributed by atoms with Crippen molar-refractivity contribution in [2.75, 3.05) is 5.32 Å². The number of carboxylic acids is 1. The van der Waals surface area contributed by atoms with Crippen molar-refractivity contribution in [3.63, 3.8) is 0 Å². The number of anilines is 1. The van der Waals surface area contributed by atoms with E-state index in [1.165, 1.54) is 6.07 Å². The lowest BCUT2D eigenvalue weighted by atomic mass is 10.1. The van der Waals surface area contributed by atoms with Gasteiger partial charge in [0.05, 0.1) is 11.3 Å². The Labute approximate surface area is 98.4 Å². The molecule has 0 radical (unpaired) electrons. The molecule has 0 aliphatic rings. The standard InChI is InChI=1S/C12H13NO4/c1-3-9(14)11(15)13-10-7(2)5-4-6-8(10)12(16)17/h4-6H,3H2,1-2H3,(H,13,15)(H,16,17). The number of aromatic carboxylic acids is 1. The molecule has 0 saturated carbocycles. The first-order valence-electron chi connectivity index (χ1n) is 5.14. The van der Waals surface area contributed by atoms with E-state index in [0.717, 1.165) is 0 Å². The number of nitrogens with one attached hydrogen (secondary N) is 1. The van der Waals surface area contributed by atoms with Gasteiger partial charge in [0, 0.05) is 6.42 Å². The maximum atomic E-state index is 11.4. The molecule has 1 aromatic carbocycles. The van der Waals surface area contributed by atoms with Crippen molar-refractivity contribution in [2.45, 2.75) is 20.3 Å². The molecule has 5 nitrogen and oxygen atoms in total. The number of amides is 1. The molecule has 0 heterocycles. The molecule has 1 aromatic rings. The molecule has 2 N–H and O–H groups in total. The molecule has 0 saturated heterocycles. The molecule has 17 heavy (non-hydrogen) atoms. The third-order valence-electron chi connectivity index (χ3n) is 2.32. The summed E-state index contributed by atoms with van der Waals surface area (Å²) in [4.78, 5) is 33.5. The van der Waals surface area contributed by atoms with Crippen LogP contribution in [0.5, 0.6) is 0 Å². The van der Waals surface area contributed by atoms with Gasteiger partial charge < -0.3 is 10.4 Å². The third-order valence-corrected chi connectivity index (χ3v) is 2.32. The van der Waals surface area contributed by atoms with Crippen LogP contribution in [0, 0.1) is 6.92 Å². The van der Waals surface area contributed by atoms with Crippen LogP contribution in [-0.4, -0.2) is 22.8 Å². The highest BCUT2D eigenvalue weighted by molar-refractivity contribution is 6.40. The average molecular weight is 235 g/mol. The molecule has 5 heteroatoms. The van der Waals surface area contributed by atoms with Crippen LogP contribution in [0.25, 0.3) is 0 Å². The minimum absolute atomic E-state index is 0.0257. The van der Waals surface area contributed by atoms with Gasteiger partial charge in [-0.15, -0.1) is 0 Å². The number of Topliss-reactive ketones (excluding diaryl/α,β-unsaturated/α-hetero) is 1. The van der Waals surface area contributed by atoms with Crippen LogP contribution < -0.4 is 5.32 Å². The molecule has 0 aliphatic heterocycles. The summed E-state index contributed by atoms with van der Waals surface area (Å²) < 4.78 is 0. The second kappa shape index (κ2) is 5.25. The van der Waals surface area contributed by atoms with E-state index >= 15 is 0 Å². The molecule has 0 unspecified atom stereocenters. The zero-order chi connectivity index (χ0) is 13.0. The van der Waals surface area contributed by atoms with E-state index in [1.54, 1.807) is 26.0 Å². The van der Waals surface area contributed by atoms with Crippen LogP contribution in [0.1, 0.15) is 29.3 Å². The number of carbonyl (C=O) groups is 3. The first-order valence-corrected chi connectivity index (χ1v) is 5.14. The van der Waals surface area contributed by atoms with Gasteiger partial charge in [-0.2, -0.15) is 0 Å². The van der Waals surface area contributed by atoms with E-state index in [0.29, 0.717) is 5.56 Å². The summed E-state index contributed by atoms with van der Waals surface area (Å²) in [5.74, 6) is -2.51. The third kappa shape index (κ3) is 2.90. The van der Waals surface area contributed by atoms with E-state index in [-0.39, 0.29) is 17.7 Å². The minimum Gasteiger partial charge on any atom is -0.478 e. The fraction of sp³-hybridized carbons (Fsp3) is 0.250. The van der Waals surface area contributed by atoms with Gasteiger partial charge in [0.25, 0.3) is 5.91 Å². The molecule has 0 atom stereocenters. The summed E-state index contributed by atoms with van der Waals surface area (Å²) in [5.41, 5.74) is 0.746. The second-order valence-electron chi connectivity index (χ2n) is 3.53. The second-order valence-corrected chi connectivity index (χ2v) is 3.53. The van der Waals surface area contributed by atoms with E-state index in [4.69, 9.17) is 5.11 Å². The van der Waals surface area contributed by atoms with Crippen LogP contribution in [0.3, 0.4) is 0 Å². The Morgan fingerprint density at radius 2 is 1.94 bits per heavy atom. The van der Waals surface area contributed by atoms with Crippen molar-refractivity contribution in [1.29, 1.82) is 0 Å². The van der Waals surface area contributed by atoms with Gasteiger partial charge in [0.15, 0.2) is 0 Å². The average Bonchev–Trinajstić information content (AvgIpc) is 2.30. The van der Waals surface area contributed by atoms with Gasteiger partial charge in [-0.05, 0) is 18.6 Å². The van der Waals surface area contributed by atoms with Crippen LogP contribution in [0.2, 0.25) is 0 Å². The Morgan fingerprint density at radius 1 is 1.29 bits per heavy atom. The van der Waals surface area contributed by atoms with E-state index in [2.05, 4.69) is 5.32 Å². The highest BCUT2D eigenvalue weighted by Gasteiger charge is 2.17. The first kappa shape index (κ1) is 12.9. The maximum absolute atomic E-state index is 11.4. The van der Waals surface area contributed by atoms with Gasteiger partial charge in [0.1, 0.15) is 0 Å². The lowest BCUT2D eigenvalue weighted by Crippen LogP contribution is -2.23. The molecular weight excluding hydrogens is 222 g/mol. The normalized spacial score (nSPS) is 9.76. The first-order chi connectivity index (χ1) is 7.97. The van der Waals surface area contributed by atoms with Crippen molar-refractivity contribution >= 4 is 23.3 Å². The molecule has 0 aromatic heterocycles. The van der Waals surface area contributed by atoms with Gasteiger partial charge in [-0.3, -0.25) is 9.59 Å². The Bertz CT molecular complexity index is 479. The molecule has 90 valence electrons. The Hall–Kier alpha value is -2.17. The predicted octanol–water partition coefficient (Wildman–Crippen LogP) is 1.61. The number of ketones is 1. The monoisotopic (exact) mass is 235 g/mol. The lowest BCUT2D eigenvalue weighted by Gasteiger charge is -2.10. The van der Waals surface area contributed by atoms with Gasteiger partial charge in [-0.1, -0.05) is 19.1 Å². The zero-order valence-electron chi connectivity index (χ0n) is 9.61. The van der Waals surface area contributed by atoms with Crippen molar-refractivity contribution in [2.24, 2.45) is 0 Å². The van der Waals surface area contributed by atoms with Gasteiger partial charge in [-0.25, -0.2) is 4.79 Å². The van der Waals surface area contributed by atoms with Gasteiger partial charge in [0.2, 0.25) is 5.78 Å². The smallest absolute Gasteiger partial charge is 0.337 e. The van der Waals surface area contributed by atoms with E-state index in [9.17, 15) is 14.4 Å². The molecule has 1 amide bonds. The fourth-order valence-corrected chi connectivity index (χ4v) is 1.36. The molecule has 0 bridgehead atoms. The minimum atomic E-state index is -1.15. The zero-order valence-corrected chi connectivity index (χ0v) is 9.61. The number of benzene rings is 1. The number of aryl methyl sites for hydroxylation is 1. The number of hydrogen-bond donors (Lipinski definition) is 2. The summed E-state index contributed by atoms with van der Waals surface area (Å²) in [6, 6.07) is 4.62. The highest BCUT2D eigenvalue weighted by Crippen LogP contribution is 2.20. The largest absolute Gasteiger partial charge is 0.478 e. The van der Waals surface area contributed by atoms with Crippen molar-refractivity contribution in [3.05, 3.63) is 29.3 Å². The lowest BCUT2D eigenvalue weighted by molar-refractivity contribution is -0.134. The van der Waals surface area contributed by atoms with Gasteiger partial charge >= 0.3 is 5.97 Å². The van der Waals surface area contributed by atoms with Crippen molar-refractivity contribution in [1.82, 2.24) is 0 Å². The van der Waals surface area contributed by atoms with Crippen molar-refractivity contribution < 1.29 is 19.5 Å². The summed E-state index contributed by atoms with van der Waals surface area (Å²) in [6.07, 6.45) is 0.0835. The topological polar surface area (TPSA) is 83.5 Å². The molecule has 0 fully saturated rings. The van der Waals surface area contributed by atoms with Crippen molar-refractivity contribution in [3.8, 4) is 0 Å². The number of carbonyl (C=O) groups excluding carboxylic acids is 2. The van der Waals surface area contributed by atoms with E-state index < -0.39 is 17.7 Å². The Morgan fingerprint density at radius 3 is 2.47 bits per heavy atom. The maximum Gasteiger partial charge on any atom is 0.337 e. The number of rotatable bonds is 4. The number of carboxylic acid groups (broad SMARTS) is 1. The van der Waals surface area contributed by atoms with Crippen LogP contribution >= 0.6 is 0 Å². The summed E-state index contributed by atoms with van der Waals surface area (Å²) >= 11 is 0. The number of para-hydroxylation sites is 1. The Kier molecular flexibility index (Phi) is 3.98. The summed E-state index contributed by atoms with van der Waals surface area (Å²) in [7, 11) is 0. The summed E-state index contributed by atoms with van der Waals surface area (Å²) in [5, 5.41) is 11.3. The molecule has 0 aliphatic carbocycles. The molecule has 1 rings (SSSR count). The SMILES string of the molecule is CCC(=O)C(=O)Nc1c(C)cccc1C(=O)O. The quantitative estimate of drug-likeness (QED) is 0.776. The molecule has 0 spiro atoms. The highest BCUT2D eigenvalue weighted by atomic mass is 16.4.